The van der Waals surface area contributed by atoms with Gasteiger partial charge in [-0.05, 0) is 47.6 Å². The molecule has 0 heterocycles. The number of nitrogens with zero attached hydrogens (tertiary/aromatic N) is 1. The second kappa shape index (κ2) is 5.90. The largest absolute Gasteiger partial charge is 0.384 e. The highest BCUT2D eigenvalue weighted by Gasteiger charge is 2.24. The van der Waals surface area contributed by atoms with Crippen molar-refractivity contribution in [3.63, 3.8) is 0 Å². The average molecular weight is 281 g/mol. The van der Waals surface area contributed by atoms with Crippen LogP contribution in [0.2, 0.25) is 0 Å². The van der Waals surface area contributed by atoms with Crippen LogP contribution >= 0.6 is 0 Å². The molecule has 21 heavy (non-hydrogen) atoms. The second-order valence-corrected chi connectivity index (χ2v) is 6.15. The Kier molecular flexibility index (Phi) is 3.98. The zero-order chi connectivity index (χ0) is 14.8. The van der Waals surface area contributed by atoms with Gasteiger partial charge in [-0.3, -0.25) is 0 Å². The molecule has 2 aromatic rings. The van der Waals surface area contributed by atoms with Gasteiger partial charge in [0.05, 0.1) is 0 Å². The summed E-state index contributed by atoms with van der Waals surface area (Å²) in [6.45, 7) is 0. The molecule has 1 aliphatic carbocycles. The second-order valence-electron chi connectivity index (χ2n) is 6.15. The summed E-state index contributed by atoms with van der Waals surface area (Å²) >= 11 is 0. The van der Waals surface area contributed by atoms with Gasteiger partial charge < -0.3 is 10.0 Å². The van der Waals surface area contributed by atoms with Gasteiger partial charge in [-0.1, -0.05) is 42.8 Å². The van der Waals surface area contributed by atoms with Gasteiger partial charge in [0.25, 0.3) is 0 Å². The molecular weight excluding hydrogens is 258 g/mol. The third-order valence-electron chi connectivity index (χ3n) is 4.56. The SMILES string of the molecule is CN(C)c1ccc(C(O)c2ccccc2C2CCC2)cc1. The van der Waals surface area contributed by atoms with E-state index in [1.165, 1.54) is 24.8 Å². The normalized spacial score (nSPS) is 16.3. The van der Waals surface area contributed by atoms with E-state index >= 15 is 0 Å². The van der Waals surface area contributed by atoms with Gasteiger partial charge >= 0.3 is 0 Å². The average Bonchev–Trinajstić information content (AvgIpc) is 2.45. The van der Waals surface area contributed by atoms with Crippen LogP contribution in [0, 0.1) is 0 Å². The van der Waals surface area contributed by atoms with E-state index in [1.54, 1.807) is 0 Å². The third kappa shape index (κ3) is 2.81. The van der Waals surface area contributed by atoms with Crippen LogP contribution < -0.4 is 4.90 Å². The lowest BCUT2D eigenvalue weighted by molar-refractivity contribution is 0.217. The van der Waals surface area contributed by atoms with Crippen LogP contribution in [0.4, 0.5) is 5.69 Å². The number of hydrogen-bond donors (Lipinski definition) is 1. The summed E-state index contributed by atoms with van der Waals surface area (Å²) in [5, 5.41) is 10.8. The summed E-state index contributed by atoms with van der Waals surface area (Å²) in [7, 11) is 4.05. The van der Waals surface area contributed by atoms with Gasteiger partial charge in [0.15, 0.2) is 0 Å². The quantitative estimate of drug-likeness (QED) is 0.912. The minimum Gasteiger partial charge on any atom is -0.384 e. The number of hydrogen-bond acceptors (Lipinski definition) is 2. The van der Waals surface area contributed by atoms with Gasteiger partial charge in [0, 0.05) is 19.8 Å². The molecule has 110 valence electrons. The summed E-state index contributed by atoms with van der Waals surface area (Å²) in [4.78, 5) is 2.07. The lowest BCUT2D eigenvalue weighted by Crippen LogP contribution is -2.13. The lowest BCUT2D eigenvalue weighted by atomic mass is 9.77. The van der Waals surface area contributed by atoms with Crippen molar-refractivity contribution in [3.05, 3.63) is 65.2 Å². The topological polar surface area (TPSA) is 23.5 Å². The molecule has 2 nitrogen and oxygen atoms in total. The molecule has 0 aliphatic heterocycles. The fourth-order valence-electron chi connectivity index (χ4n) is 2.99. The number of aliphatic hydroxyl groups is 1. The Morgan fingerprint density at radius 3 is 2.24 bits per heavy atom. The Bertz CT molecular complexity index is 599. The Balaban J connectivity index is 1.89. The van der Waals surface area contributed by atoms with E-state index < -0.39 is 6.10 Å². The number of aliphatic hydroxyl groups excluding tert-OH is 1. The highest BCUT2D eigenvalue weighted by atomic mass is 16.3. The monoisotopic (exact) mass is 281 g/mol. The summed E-state index contributed by atoms with van der Waals surface area (Å²) in [5.74, 6) is 0.636. The van der Waals surface area contributed by atoms with E-state index in [2.05, 4.69) is 35.2 Å². The molecule has 3 rings (SSSR count). The van der Waals surface area contributed by atoms with E-state index in [4.69, 9.17) is 0 Å². The molecule has 0 aromatic heterocycles. The number of anilines is 1. The van der Waals surface area contributed by atoms with E-state index in [0.29, 0.717) is 5.92 Å². The first-order valence-corrected chi connectivity index (χ1v) is 7.71. The Labute approximate surface area is 127 Å². The molecular formula is C19H23NO. The first kappa shape index (κ1) is 14.2. The van der Waals surface area contributed by atoms with Gasteiger partial charge in [-0.2, -0.15) is 0 Å². The van der Waals surface area contributed by atoms with E-state index in [1.807, 2.05) is 32.3 Å². The lowest BCUT2D eigenvalue weighted by Gasteiger charge is -2.29. The first-order valence-electron chi connectivity index (χ1n) is 7.71. The zero-order valence-corrected chi connectivity index (χ0v) is 12.8. The van der Waals surface area contributed by atoms with Crippen LogP contribution in [0.15, 0.2) is 48.5 Å². The first-order chi connectivity index (χ1) is 10.2. The minimum absolute atomic E-state index is 0.530. The van der Waals surface area contributed by atoms with Gasteiger partial charge in [0.2, 0.25) is 0 Å². The molecule has 0 radical (unpaired) electrons. The van der Waals surface area contributed by atoms with Gasteiger partial charge in [-0.25, -0.2) is 0 Å². The van der Waals surface area contributed by atoms with Crippen molar-refractivity contribution in [2.45, 2.75) is 31.3 Å². The standard InChI is InChI=1S/C19H23NO/c1-20(2)16-12-10-15(11-13-16)19(21)18-9-4-3-8-17(18)14-6-5-7-14/h3-4,8-14,19,21H,5-7H2,1-2H3. The Morgan fingerprint density at radius 2 is 1.67 bits per heavy atom. The Hall–Kier alpha value is -1.80. The third-order valence-corrected chi connectivity index (χ3v) is 4.56. The Morgan fingerprint density at radius 1 is 1.00 bits per heavy atom. The molecule has 0 bridgehead atoms. The molecule has 1 unspecified atom stereocenters. The fourth-order valence-corrected chi connectivity index (χ4v) is 2.99. The van der Waals surface area contributed by atoms with Gasteiger partial charge in [0.1, 0.15) is 6.10 Å². The molecule has 1 fully saturated rings. The van der Waals surface area contributed by atoms with E-state index in [-0.39, 0.29) is 0 Å². The summed E-state index contributed by atoms with van der Waals surface area (Å²) in [6, 6.07) is 16.5. The van der Waals surface area contributed by atoms with Crippen LogP contribution in [-0.2, 0) is 0 Å². The molecule has 1 saturated carbocycles. The van der Waals surface area contributed by atoms with Crippen molar-refractivity contribution in [1.82, 2.24) is 0 Å². The molecule has 1 atom stereocenters. The summed E-state index contributed by atoms with van der Waals surface area (Å²) < 4.78 is 0. The molecule has 1 N–H and O–H groups in total. The van der Waals surface area contributed by atoms with Crippen LogP contribution in [0.25, 0.3) is 0 Å². The predicted molar refractivity (Wildman–Crippen MR) is 87.9 cm³/mol. The van der Waals surface area contributed by atoms with Crippen molar-refractivity contribution in [3.8, 4) is 0 Å². The highest BCUT2D eigenvalue weighted by Crippen LogP contribution is 2.40. The summed E-state index contributed by atoms with van der Waals surface area (Å²) in [5.41, 5.74) is 4.51. The molecule has 1 aliphatic rings. The van der Waals surface area contributed by atoms with E-state index in [0.717, 1.165) is 16.8 Å². The van der Waals surface area contributed by atoms with Crippen LogP contribution in [0.1, 0.15) is 48.0 Å². The highest BCUT2D eigenvalue weighted by molar-refractivity contribution is 5.48. The fraction of sp³-hybridized carbons (Fsp3) is 0.368. The number of benzene rings is 2. The molecule has 0 spiro atoms. The van der Waals surface area contributed by atoms with Crippen LogP contribution in [0.5, 0.6) is 0 Å². The van der Waals surface area contributed by atoms with E-state index in [9.17, 15) is 5.11 Å². The van der Waals surface area contributed by atoms with Crippen molar-refractivity contribution < 1.29 is 5.11 Å². The van der Waals surface area contributed by atoms with Crippen LogP contribution in [0.3, 0.4) is 0 Å². The maximum atomic E-state index is 10.8. The molecule has 0 saturated heterocycles. The zero-order valence-electron chi connectivity index (χ0n) is 12.8. The predicted octanol–water partition coefficient (Wildman–Crippen LogP) is 4.10. The van der Waals surface area contributed by atoms with Crippen molar-refractivity contribution >= 4 is 5.69 Å². The van der Waals surface area contributed by atoms with Crippen LogP contribution in [-0.4, -0.2) is 19.2 Å². The van der Waals surface area contributed by atoms with Crippen molar-refractivity contribution in [1.29, 1.82) is 0 Å². The maximum Gasteiger partial charge on any atom is 0.104 e. The van der Waals surface area contributed by atoms with Crippen molar-refractivity contribution in [2.24, 2.45) is 0 Å². The molecule has 0 amide bonds. The molecule has 2 heteroatoms. The number of rotatable bonds is 4. The maximum absolute atomic E-state index is 10.8. The summed E-state index contributed by atoms with van der Waals surface area (Å²) in [6.07, 6.45) is 3.29. The smallest absolute Gasteiger partial charge is 0.104 e. The minimum atomic E-state index is -0.530. The van der Waals surface area contributed by atoms with Gasteiger partial charge in [-0.15, -0.1) is 0 Å². The molecule has 2 aromatic carbocycles. The van der Waals surface area contributed by atoms with Crippen molar-refractivity contribution in [2.75, 3.05) is 19.0 Å².